The first-order valence-electron chi connectivity index (χ1n) is 10.8. The molecule has 3 unspecified atom stereocenters. The van der Waals surface area contributed by atoms with Crippen molar-refractivity contribution in [2.24, 2.45) is 23.5 Å². The normalized spacial score (nSPS) is 29.9. The summed E-state index contributed by atoms with van der Waals surface area (Å²) in [5.74, 6) is -1.03. The van der Waals surface area contributed by atoms with E-state index in [4.69, 9.17) is 15.9 Å². The molecule has 0 aromatic carbocycles. The van der Waals surface area contributed by atoms with Crippen LogP contribution in [0.2, 0.25) is 0 Å². The molecule has 0 radical (unpaired) electrons. The lowest BCUT2D eigenvalue weighted by Crippen LogP contribution is -2.59. The van der Waals surface area contributed by atoms with Crippen LogP contribution in [0.5, 0.6) is 0 Å². The smallest absolute Gasteiger partial charge is 0.303 e. The zero-order chi connectivity index (χ0) is 23.0. The largest absolute Gasteiger partial charge is 0.481 e. The number of aromatic nitrogens is 2. The van der Waals surface area contributed by atoms with Crippen LogP contribution in [-0.2, 0) is 9.59 Å². The molecular weight excluding hydrogens is 416 g/mol. The molecule has 5 atom stereocenters. The summed E-state index contributed by atoms with van der Waals surface area (Å²) in [6, 6.07) is 2.22. The van der Waals surface area contributed by atoms with Gasteiger partial charge in [-0.3, -0.25) is 14.4 Å². The summed E-state index contributed by atoms with van der Waals surface area (Å²) in [5, 5.41) is 31.1. The van der Waals surface area contributed by atoms with Crippen LogP contribution < -0.4 is 11.1 Å². The molecule has 172 valence electrons. The second-order valence-corrected chi connectivity index (χ2v) is 9.30. The Labute approximate surface area is 184 Å². The average molecular weight is 444 g/mol. The van der Waals surface area contributed by atoms with E-state index < -0.39 is 23.4 Å². The highest BCUT2D eigenvalue weighted by Crippen LogP contribution is 2.56. The summed E-state index contributed by atoms with van der Waals surface area (Å²) >= 11 is 0. The first kappa shape index (κ1) is 22.1. The Bertz CT molecular complexity index is 1020. The van der Waals surface area contributed by atoms with Crippen LogP contribution in [0.25, 0.3) is 11.0 Å². The van der Waals surface area contributed by atoms with Gasteiger partial charge in [-0.2, -0.15) is 0 Å². The second kappa shape index (κ2) is 8.42. The number of carbonyl (C=O) groups excluding carboxylic acids is 1. The number of aromatic amines is 1. The summed E-state index contributed by atoms with van der Waals surface area (Å²) < 4.78 is 0. The molecule has 4 aliphatic rings. The van der Waals surface area contributed by atoms with E-state index in [1.807, 2.05) is 12.3 Å². The Morgan fingerprint density at radius 1 is 1.12 bits per heavy atom. The molecule has 10 nitrogen and oxygen atoms in total. The van der Waals surface area contributed by atoms with Crippen molar-refractivity contribution in [1.82, 2.24) is 9.97 Å². The fraction of sp³-hybridized carbons (Fsp3) is 0.545. The number of pyridine rings is 1. The SMILES string of the molecule is NC(=O)c1cnc2[nH]ccc2c1NC1[C@@H]2CC3C[C@H]1CC(O)(C3)C2.O=C(O)CCC(=O)O. The van der Waals surface area contributed by atoms with Gasteiger partial charge in [0.2, 0.25) is 0 Å². The number of anilines is 1. The van der Waals surface area contributed by atoms with Crippen LogP contribution in [0.3, 0.4) is 0 Å². The third-order valence-electron chi connectivity index (χ3n) is 6.96. The number of carboxylic acid groups (broad SMARTS) is 2. The fourth-order valence-electron chi connectivity index (χ4n) is 5.95. The van der Waals surface area contributed by atoms with Gasteiger partial charge in [0.15, 0.2) is 0 Å². The number of carbonyl (C=O) groups is 3. The third kappa shape index (κ3) is 4.40. The summed E-state index contributed by atoms with van der Waals surface area (Å²) in [4.78, 5) is 38.5. The molecule has 4 aliphatic carbocycles. The minimum absolute atomic E-state index is 0.292. The quantitative estimate of drug-likeness (QED) is 0.391. The molecule has 2 heterocycles. The van der Waals surface area contributed by atoms with Gasteiger partial charge in [0, 0.05) is 23.8 Å². The number of fused-ring (bicyclic) bond motifs is 1. The van der Waals surface area contributed by atoms with Crippen LogP contribution in [0.4, 0.5) is 5.69 Å². The van der Waals surface area contributed by atoms with Crippen LogP contribution in [0.1, 0.15) is 55.3 Å². The predicted octanol–water partition coefficient (Wildman–Crippen LogP) is 1.95. The van der Waals surface area contributed by atoms with Gasteiger partial charge in [0.1, 0.15) is 5.65 Å². The van der Waals surface area contributed by atoms with E-state index in [0.29, 0.717) is 29.4 Å². The summed E-state index contributed by atoms with van der Waals surface area (Å²) in [6.45, 7) is 0. The number of H-pyrrole nitrogens is 1. The van der Waals surface area contributed by atoms with Crippen LogP contribution in [0.15, 0.2) is 18.5 Å². The highest BCUT2D eigenvalue weighted by Gasteiger charge is 2.54. The van der Waals surface area contributed by atoms with E-state index in [-0.39, 0.29) is 12.8 Å². The summed E-state index contributed by atoms with van der Waals surface area (Å²) in [6.07, 6.45) is 7.82. The maximum atomic E-state index is 11.9. The van der Waals surface area contributed by atoms with Gasteiger partial charge < -0.3 is 31.4 Å². The molecule has 0 saturated heterocycles. The molecule has 1 amide bonds. The summed E-state index contributed by atoms with van der Waals surface area (Å²) in [7, 11) is 0. The molecule has 7 N–H and O–H groups in total. The molecular formula is C22H28N4O6. The van der Waals surface area contributed by atoms with E-state index in [1.54, 1.807) is 6.20 Å². The first-order chi connectivity index (χ1) is 15.1. The van der Waals surface area contributed by atoms with E-state index in [9.17, 15) is 19.5 Å². The zero-order valence-corrected chi connectivity index (χ0v) is 17.6. The number of carboxylic acids is 2. The predicted molar refractivity (Wildman–Crippen MR) is 115 cm³/mol. The maximum absolute atomic E-state index is 11.9. The van der Waals surface area contributed by atoms with Crippen molar-refractivity contribution in [2.75, 3.05) is 5.32 Å². The monoisotopic (exact) mass is 444 g/mol. The Kier molecular flexibility index (Phi) is 5.81. The maximum Gasteiger partial charge on any atom is 0.303 e. The van der Waals surface area contributed by atoms with E-state index in [2.05, 4.69) is 15.3 Å². The van der Waals surface area contributed by atoms with Crippen molar-refractivity contribution in [3.05, 3.63) is 24.0 Å². The number of hydrogen-bond donors (Lipinski definition) is 6. The van der Waals surface area contributed by atoms with Gasteiger partial charge in [-0.25, -0.2) is 4.98 Å². The molecule has 4 fully saturated rings. The molecule has 10 heteroatoms. The molecule has 0 spiro atoms. The number of nitrogens with two attached hydrogens (primary N) is 1. The summed E-state index contributed by atoms with van der Waals surface area (Å²) in [5.41, 5.74) is 7.10. The van der Waals surface area contributed by atoms with Crippen molar-refractivity contribution in [3.8, 4) is 0 Å². The number of amides is 1. The lowest BCUT2D eigenvalue weighted by Gasteiger charge is -2.58. The van der Waals surface area contributed by atoms with Crippen molar-refractivity contribution < 1.29 is 29.7 Å². The minimum atomic E-state index is -1.08. The minimum Gasteiger partial charge on any atom is -0.481 e. The number of aliphatic carboxylic acids is 2. The molecule has 32 heavy (non-hydrogen) atoms. The van der Waals surface area contributed by atoms with Crippen LogP contribution in [0, 0.1) is 17.8 Å². The van der Waals surface area contributed by atoms with Gasteiger partial charge in [-0.1, -0.05) is 0 Å². The molecule has 2 aromatic heterocycles. The number of nitrogens with one attached hydrogen (secondary N) is 2. The van der Waals surface area contributed by atoms with Gasteiger partial charge >= 0.3 is 11.9 Å². The number of aliphatic hydroxyl groups is 1. The lowest BCUT2D eigenvalue weighted by molar-refractivity contribution is -0.143. The Hall–Kier alpha value is -3.14. The standard InChI is InChI=1S/C18H22N4O2.C4H6O4/c19-16(23)13-8-21-17-12(1-2-20-17)15(13)22-14-10-3-9-4-11(14)7-18(24,5-9)6-10;5-3(6)1-2-4(7)8/h1-2,8-11,14,24H,3-7H2,(H2,19,23)(H2,20,21,22);1-2H2,(H,5,6)(H,7,8)/t9?,10-,11+,14?,18?;. The fourth-order valence-corrected chi connectivity index (χ4v) is 5.95. The topological polar surface area (TPSA) is 179 Å². The molecule has 4 bridgehead atoms. The molecule has 4 saturated carbocycles. The van der Waals surface area contributed by atoms with Crippen LogP contribution >= 0.6 is 0 Å². The highest BCUT2D eigenvalue weighted by molar-refractivity contribution is 6.06. The number of hydrogen-bond acceptors (Lipinski definition) is 6. The van der Waals surface area contributed by atoms with Gasteiger partial charge in [0.25, 0.3) is 5.91 Å². The van der Waals surface area contributed by atoms with Crippen molar-refractivity contribution >= 4 is 34.6 Å². The van der Waals surface area contributed by atoms with E-state index >= 15 is 0 Å². The highest BCUT2D eigenvalue weighted by atomic mass is 16.4. The van der Waals surface area contributed by atoms with E-state index in [0.717, 1.165) is 36.0 Å². The number of nitrogens with zero attached hydrogens (tertiary/aromatic N) is 1. The number of rotatable bonds is 6. The Morgan fingerprint density at radius 2 is 1.75 bits per heavy atom. The molecule has 2 aromatic rings. The third-order valence-corrected chi connectivity index (χ3v) is 6.96. The van der Waals surface area contributed by atoms with Crippen molar-refractivity contribution in [1.29, 1.82) is 0 Å². The van der Waals surface area contributed by atoms with Gasteiger partial charge in [-0.05, 0) is 55.9 Å². The van der Waals surface area contributed by atoms with Gasteiger partial charge in [-0.15, -0.1) is 0 Å². The van der Waals surface area contributed by atoms with Crippen LogP contribution in [-0.4, -0.2) is 54.8 Å². The Morgan fingerprint density at radius 3 is 2.28 bits per heavy atom. The second-order valence-electron chi connectivity index (χ2n) is 9.30. The average Bonchev–Trinajstić information content (AvgIpc) is 3.17. The first-order valence-corrected chi connectivity index (χ1v) is 10.8. The van der Waals surface area contributed by atoms with Gasteiger partial charge in [0.05, 0.1) is 29.7 Å². The van der Waals surface area contributed by atoms with E-state index in [1.165, 1.54) is 12.8 Å². The Balaban J connectivity index is 0.000000265. The van der Waals surface area contributed by atoms with Crippen molar-refractivity contribution in [3.63, 3.8) is 0 Å². The molecule has 0 aliphatic heterocycles. The zero-order valence-electron chi connectivity index (χ0n) is 17.6. The number of primary amides is 1. The molecule has 6 rings (SSSR count). The van der Waals surface area contributed by atoms with Crippen molar-refractivity contribution in [2.45, 2.75) is 56.6 Å². The lowest BCUT2D eigenvalue weighted by atomic mass is 9.52.